The lowest BCUT2D eigenvalue weighted by Gasteiger charge is -2.31. The van der Waals surface area contributed by atoms with E-state index in [9.17, 15) is 98.5 Å². The minimum atomic E-state index is -5.48. The van der Waals surface area contributed by atoms with Crippen LogP contribution in [0.5, 0.6) is 0 Å². The summed E-state index contributed by atoms with van der Waals surface area (Å²) >= 11 is 0. The highest BCUT2D eigenvalue weighted by molar-refractivity contribution is 4.61. The average Bonchev–Trinajstić information content (AvgIpc) is 2.80. The Kier molecular flexibility index (Phi) is 10.7. The van der Waals surface area contributed by atoms with Crippen LogP contribution in [0.15, 0.2) is 0 Å². The molecular weight excluding hydrogens is 616 g/mol. The Morgan fingerprint density at radius 3 is 0.756 bits per heavy atom. The topological polar surface area (TPSA) is 382 Å². The van der Waals surface area contributed by atoms with Gasteiger partial charge in [0.15, 0.2) is 42.8 Å². The van der Waals surface area contributed by atoms with Crippen LogP contribution in [0.2, 0.25) is 0 Å². The van der Waals surface area contributed by atoms with Gasteiger partial charge in [-0.3, -0.25) is 99.9 Å². The van der Waals surface area contributed by atoms with Gasteiger partial charge in [-0.15, -0.1) is 17.6 Å². The Bertz CT molecular complexity index is 974. The van der Waals surface area contributed by atoms with Gasteiger partial charge in [-0.1, -0.05) is 0 Å². The van der Waals surface area contributed by atoms with Gasteiger partial charge >= 0.3 is 29.8 Å². The predicted octanol–water partition coefficient (Wildman–Crippen LogP) is -1.63. The standard InChI is InChI=1S/C9H8F4N8O20/c10-5(11,14(22)23)1-38-9(39-2-6(12,13)15(24)25,40-3-7(16(26)27,17(28)29)18(30)31)41-4-8(19(32)33,20(34)35)21(36)37/h1-4H2. The largest absolute Gasteiger partial charge is 0.723 e. The van der Waals surface area contributed by atoms with Gasteiger partial charge in [-0.25, -0.2) is 0 Å². The van der Waals surface area contributed by atoms with Crippen molar-refractivity contribution in [3.63, 3.8) is 0 Å². The summed E-state index contributed by atoms with van der Waals surface area (Å²) in [6.07, 6.45) is -4.99. The fraction of sp³-hybridized carbons (Fsp3) is 1.00. The number of nitro groups is 8. The third-order valence-corrected chi connectivity index (χ3v) is 4.02. The molecule has 0 aliphatic rings. The normalized spacial score (nSPS) is 12.8. The van der Waals surface area contributed by atoms with E-state index in [0.717, 1.165) is 0 Å². The Morgan fingerprint density at radius 2 is 0.585 bits per heavy atom. The van der Waals surface area contributed by atoms with Gasteiger partial charge in [0, 0.05) is 0 Å². The fourth-order valence-corrected chi connectivity index (χ4v) is 1.79. The van der Waals surface area contributed by atoms with Gasteiger partial charge in [-0.05, 0) is 0 Å². The van der Waals surface area contributed by atoms with E-state index in [-0.39, 0.29) is 0 Å². The maximum absolute atomic E-state index is 13.5. The summed E-state index contributed by atoms with van der Waals surface area (Å²) in [6, 6.07) is -11.0. The van der Waals surface area contributed by atoms with Gasteiger partial charge in [0.2, 0.25) is 0 Å². The van der Waals surface area contributed by atoms with Crippen LogP contribution in [0, 0.1) is 80.9 Å². The minimum Gasteiger partial charge on any atom is -0.289 e. The van der Waals surface area contributed by atoms with Crippen LogP contribution in [0.3, 0.4) is 0 Å². The summed E-state index contributed by atoms with van der Waals surface area (Å²) in [5.74, 6) is -9.88. The second kappa shape index (κ2) is 12.3. The van der Waals surface area contributed by atoms with Crippen molar-refractivity contribution in [2.45, 2.75) is 29.8 Å². The van der Waals surface area contributed by atoms with Gasteiger partial charge in [0.05, 0.1) is 9.85 Å². The second-order valence-corrected chi connectivity index (χ2v) is 6.59. The van der Waals surface area contributed by atoms with E-state index in [2.05, 4.69) is 18.9 Å². The molecule has 0 spiro atoms. The molecule has 0 atom stereocenters. The van der Waals surface area contributed by atoms with E-state index < -0.39 is 95.6 Å². The van der Waals surface area contributed by atoms with E-state index in [1.807, 2.05) is 0 Å². The van der Waals surface area contributed by atoms with Crippen molar-refractivity contribution in [3.8, 4) is 0 Å². The number of halogens is 4. The Hall–Kier alpha value is -5.24. The maximum atomic E-state index is 13.5. The van der Waals surface area contributed by atoms with Gasteiger partial charge < -0.3 is 0 Å². The van der Waals surface area contributed by atoms with Crippen molar-refractivity contribution < 1.29 is 75.9 Å². The smallest absolute Gasteiger partial charge is 0.289 e. The van der Waals surface area contributed by atoms with Crippen molar-refractivity contribution in [3.05, 3.63) is 80.9 Å². The molecule has 0 saturated heterocycles. The number of ether oxygens (including phenoxy) is 4. The molecule has 0 N–H and O–H groups in total. The van der Waals surface area contributed by atoms with Gasteiger partial charge in [0.1, 0.15) is 0 Å². The molecule has 0 aromatic rings. The van der Waals surface area contributed by atoms with Crippen LogP contribution in [0.25, 0.3) is 0 Å². The highest BCUT2D eigenvalue weighted by Crippen LogP contribution is 2.30. The molecule has 0 aliphatic carbocycles. The molecule has 0 aromatic carbocycles. The van der Waals surface area contributed by atoms with Crippen molar-refractivity contribution in [2.75, 3.05) is 26.4 Å². The van der Waals surface area contributed by atoms with Crippen LogP contribution in [0.4, 0.5) is 17.6 Å². The number of nitrogens with zero attached hydrogens (tertiary/aromatic N) is 8. The van der Waals surface area contributed by atoms with Crippen LogP contribution < -0.4 is 0 Å². The molecule has 0 amide bonds. The minimum absolute atomic E-state index is 2.43. The highest BCUT2D eigenvalue weighted by Gasteiger charge is 2.75. The molecule has 0 saturated carbocycles. The van der Waals surface area contributed by atoms with Gasteiger partial charge in [0.25, 0.3) is 13.2 Å². The zero-order valence-electron chi connectivity index (χ0n) is 18.6. The molecule has 28 nitrogen and oxygen atoms in total. The van der Waals surface area contributed by atoms with E-state index in [1.165, 1.54) is 0 Å². The number of alkyl halides is 4. The lowest BCUT2D eigenvalue weighted by Crippen LogP contribution is -2.62. The summed E-state index contributed by atoms with van der Waals surface area (Å²) in [6.45, 7) is -11.9. The van der Waals surface area contributed by atoms with Crippen molar-refractivity contribution in [2.24, 2.45) is 0 Å². The highest BCUT2D eigenvalue weighted by atomic mass is 19.3. The summed E-state index contributed by atoms with van der Waals surface area (Å²) in [4.78, 5) is 67.5. The molecule has 232 valence electrons. The summed E-state index contributed by atoms with van der Waals surface area (Å²) in [5, 5.41) is 87.2. The maximum Gasteiger partial charge on any atom is 0.723 e. The van der Waals surface area contributed by atoms with Crippen LogP contribution in [0.1, 0.15) is 0 Å². The molecule has 41 heavy (non-hydrogen) atoms. The van der Waals surface area contributed by atoms with E-state index in [4.69, 9.17) is 0 Å². The summed E-state index contributed by atoms with van der Waals surface area (Å²) in [5.41, 5.74) is 0. The summed E-state index contributed by atoms with van der Waals surface area (Å²) in [7, 11) is 0. The molecule has 0 bridgehead atoms. The molecular formula is C9H8F4N8O20. The first-order chi connectivity index (χ1) is 18.4. The lowest BCUT2D eigenvalue weighted by atomic mass is 10.4. The SMILES string of the molecule is O=[N+]([O-])C(F)(F)COC(OCC(F)(F)[N+](=O)[O-])(OCC([N+](=O)[O-])([N+](=O)[O-])[N+](=O)[O-])OCC([N+](=O)[O-])([N+](=O)[O-])[N+](=O)[O-]. The second-order valence-electron chi connectivity index (χ2n) is 6.59. The van der Waals surface area contributed by atoms with Crippen molar-refractivity contribution in [1.29, 1.82) is 0 Å². The first-order valence-electron chi connectivity index (χ1n) is 8.85. The third kappa shape index (κ3) is 7.45. The molecule has 0 rings (SSSR count). The monoisotopic (exact) mass is 624 g/mol. The quantitative estimate of drug-likeness (QED) is 0.0482. The number of hydrogen-bond donors (Lipinski definition) is 0. The molecule has 0 heterocycles. The van der Waals surface area contributed by atoms with Crippen LogP contribution in [-0.2, 0) is 18.9 Å². The Labute approximate surface area is 214 Å². The molecule has 0 fully saturated rings. The van der Waals surface area contributed by atoms with Crippen molar-refractivity contribution >= 4 is 0 Å². The van der Waals surface area contributed by atoms with E-state index >= 15 is 0 Å². The van der Waals surface area contributed by atoms with Crippen LogP contribution >= 0.6 is 0 Å². The first-order valence-corrected chi connectivity index (χ1v) is 8.85. The van der Waals surface area contributed by atoms with E-state index in [1.54, 1.807) is 0 Å². The number of rotatable bonds is 20. The fourth-order valence-electron chi connectivity index (χ4n) is 1.79. The van der Waals surface area contributed by atoms with E-state index in [0.29, 0.717) is 0 Å². The molecule has 0 aromatic heterocycles. The predicted molar refractivity (Wildman–Crippen MR) is 97.9 cm³/mol. The average molecular weight is 624 g/mol. The molecule has 0 aliphatic heterocycles. The Morgan fingerprint density at radius 1 is 0.390 bits per heavy atom. The zero-order chi connectivity index (χ0) is 32.8. The van der Waals surface area contributed by atoms with Crippen LogP contribution in [-0.4, -0.2) is 95.6 Å². The third-order valence-electron chi connectivity index (χ3n) is 4.02. The van der Waals surface area contributed by atoms with Gasteiger partial charge in [-0.2, -0.15) is 0 Å². The lowest BCUT2D eigenvalue weighted by molar-refractivity contribution is -0.974. The number of hydrogen-bond acceptors (Lipinski definition) is 20. The molecule has 0 radical (unpaired) electrons. The summed E-state index contributed by atoms with van der Waals surface area (Å²) < 4.78 is 69.3. The Balaban J connectivity index is 7.20. The zero-order valence-corrected chi connectivity index (χ0v) is 18.6. The first kappa shape index (κ1) is 35.8. The molecule has 0 unspecified atom stereocenters. The van der Waals surface area contributed by atoms with Crippen molar-refractivity contribution in [1.82, 2.24) is 0 Å². The molecule has 32 heteroatoms.